The number of H-pyrrole nitrogens is 1. The van der Waals surface area contributed by atoms with E-state index in [0.717, 1.165) is 33.9 Å². The van der Waals surface area contributed by atoms with E-state index in [0.29, 0.717) is 13.1 Å². The monoisotopic (exact) mass is 306 g/mol. The van der Waals surface area contributed by atoms with Crippen molar-refractivity contribution in [3.8, 4) is 6.07 Å². The zero-order valence-corrected chi connectivity index (χ0v) is 12.4. The lowest BCUT2D eigenvalue weighted by Gasteiger charge is -2.16. The Morgan fingerprint density at radius 1 is 1.43 bits per heavy atom. The van der Waals surface area contributed by atoms with Gasteiger partial charge in [0, 0.05) is 42.2 Å². The maximum Gasteiger partial charge on any atom is 0.236 e. The smallest absolute Gasteiger partial charge is 0.236 e. The number of nitrogens with one attached hydrogen (secondary N) is 1. The summed E-state index contributed by atoms with van der Waals surface area (Å²) in [6, 6.07) is 3.91. The minimum atomic E-state index is -0.102. The van der Waals surface area contributed by atoms with Gasteiger partial charge in [0.05, 0.1) is 12.3 Å². The molecule has 1 aliphatic heterocycles. The fraction of sp³-hybridized carbons (Fsp3) is 0.312. The Morgan fingerprint density at radius 3 is 3.22 bits per heavy atom. The molecule has 1 fully saturated rings. The van der Waals surface area contributed by atoms with Gasteiger partial charge in [0.1, 0.15) is 11.9 Å². The van der Waals surface area contributed by atoms with E-state index in [4.69, 9.17) is 5.26 Å². The van der Waals surface area contributed by atoms with E-state index in [1.165, 1.54) is 0 Å². The molecule has 1 N–H and O–H groups in total. The minimum Gasteiger partial charge on any atom is -0.345 e. The molecule has 1 aliphatic rings. The van der Waals surface area contributed by atoms with Crippen LogP contribution in [-0.4, -0.2) is 44.1 Å². The number of aromatic amines is 1. The van der Waals surface area contributed by atoms with Crippen LogP contribution in [0, 0.1) is 11.3 Å². The molecule has 0 saturated carbocycles. The average molecular weight is 306 g/mol. The van der Waals surface area contributed by atoms with Crippen LogP contribution in [-0.2, 0) is 4.79 Å². The molecule has 1 unspecified atom stereocenters. The fourth-order valence-corrected chi connectivity index (χ4v) is 3.31. The summed E-state index contributed by atoms with van der Waals surface area (Å²) >= 11 is 0. The largest absolute Gasteiger partial charge is 0.345 e. The number of fused-ring (bicyclic) bond motifs is 3. The average Bonchev–Trinajstić information content (AvgIpc) is 3.23. The summed E-state index contributed by atoms with van der Waals surface area (Å²) in [5.41, 5.74) is 2.60. The summed E-state index contributed by atoms with van der Waals surface area (Å²) < 4.78 is 0. The van der Waals surface area contributed by atoms with Crippen molar-refractivity contribution < 1.29 is 4.79 Å². The zero-order chi connectivity index (χ0) is 15.8. The van der Waals surface area contributed by atoms with Crippen LogP contribution in [0.1, 0.15) is 24.3 Å². The van der Waals surface area contributed by atoms with E-state index in [1.807, 2.05) is 24.5 Å². The lowest BCUT2D eigenvalue weighted by molar-refractivity contribution is -0.129. The molecule has 1 amide bonds. The van der Waals surface area contributed by atoms with Crippen LogP contribution in [0.2, 0.25) is 0 Å². The van der Waals surface area contributed by atoms with Gasteiger partial charge < -0.3 is 9.88 Å². The van der Waals surface area contributed by atoms with Crippen molar-refractivity contribution in [3.63, 3.8) is 0 Å². The number of aromatic nitrogens is 4. The number of carbonyl (C=O) groups excluding carboxylic acids is 1. The van der Waals surface area contributed by atoms with E-state index < -0.39 is 0 Å². The number of rotatable bonds is 2. The number of nitriles is 1. The maximum absolute atomic E-state index is 11.9. The molecule has 4 heterocycles. The standard InChI is InChI=1S/C16H14N6O/c17-4-1-14(23)22-6-3-10(9-22)12-7-18-8-13-15(12)11-2-5-19-16(11)21-20-13/h2,5,7-8,10H,1,3,6,9H2,(H,19,21). The van der Waals surface area contributed by atoms with Gasteiger partial charge >= 0.3 is 0 Å². The summed E-state index contributed by atoms with van der Waals surface area (Å²) in [5.74, 6) is 0.103. The summed E-state index contributed by atoms with van der Waals surface area (Å²) in [4.78, 5) is 21.0. The molecule has 3 aromatic rings. The van der Waals surface area contributed by atoms with Crippen molar-refractivity contribution in [2.45, 2.75) is 18.8 Å². The van der Waals surface area contributed by atoms with Crippen LogP contribution in [0.25, 0.3) is 21.9 Å². The van der Waals surface area contributed by atoms with Crippen LogP contribution in [0.15, 0.2) is 24.7 Å². The quantitative estimate of drug-likeness (QED) is 0.777. The van der Waals surface area contributed by atoms with Gasteiger partial charge in [-0.15, -0.1) is 10.2 Å². The number of pyridine rings is 1. The minimum absolute atomic E-state index is 0.0615. The molecule has 7 heteroatoms. The van der Waals surface area contributed by atoms with Gasteiger partial charge in [-0.25, -0.2) is 0 Å². The summed E-state index contributed by atoms with van der Waals surface area (Å²) in [5, 5.41) is 19.1. The van der Waals surface area contributed by atoms with Crippen LogP contribution in [0.3, 0.4) is 0 Å². The Kier molecular flexibility index (Phi) is 3.15. The Hall–Kier alpha value is -3.01. The van der Waals surface area contributed by atoms with Crippen molar-refractivity contribution in [1.29, 1.82) is 5.26 Å². The van der Waals surface area contributed by atoms with Crippen molar-refractivity contribution in [3.05, 3.63) is 30.2 Å². The lowest BCUT2D eigenvalue weighted by Crippen LogP contribution is -2.27. The van der Waals surface area contributed by atoms with E-state index in [1.54, 1.807) is 11.1 Å². The summed E-state index contributed by atoms with van der Waals surface area (Å²) in [6.45, 7) is 1.30. The SMILES string of the molecule is N#CCC(=O)N1CCC(c2cncc3nnc4[nH]ccc4c23)C1. The van der Waals surface area contributed by atoms with Crippen LogP contribution < -0.4 is 0 Å². The molecule has 3 aromatic heterocycles. The van der Waals surface area contributed by atoms with E-state index in [9.17, 15) is 4.79 Å². The van der Waals surface area contributed by atoms with Crippen molar-refractivity contribution in [2.75, 3.05) is 13.1 Å². The highest BCUT2D eigenvalue weighted by Crippen LogP contribution is 2.34. The number of likely N-dealkylation sites (tertiary alicyclic amines) is 1. The first-order valence-corrected chi connectivity index (χ1v) is 7.50. The predicted molar refractivity (Wildman–Crippen MR) is 83.4 cm³/mol. The predicted octanol–water partition coefficient (Wildman–Crippen LogP) is 1.74. The topological polar surface area (TPSA) is 98.6 Å². The van der Waals surface area contributed by atoms with Crippen LogP contribution in [0.4, 0.5) is 0 Å². The fourth-order valence-electron chi connectivity index (χ4n) is 3.31. The Bertz CT molecular complexity index is 941. The molecule has 0 bridgehead atoms. The Labute approximate surface area is 131 Å². The zero-order valence-electron chi connectivity index (χ0n) is 12.4. The first-order chi connectivity index (χ1) is 11.3. The molecule has 0 aromatic carbocycles. The second-order valence-corrected chi connectivity index (χ2v) is 5.72. The highest BCUT2D eigenvalue weighted by atomic mass is 16.2. The third-order valence-electron chi connectivity index (χ3n) is 4.42. The number of hydrogen-bond donors (Lipinski definition) is 1. The molecule has 114 valence electrons. The van der Waals surface area contributed by atoms with Crippen LogP contribution >= 0.6 is 0 Å². The first-order valence-electron chi connectivity index (χ1n) is 7.50. The van der Waals surface area contributed by atoms with Crippen molar-refractivity contribution in [1.82, 2.24) is 25.1 Å². The molecular formula is C16H14N6O. The maximum atomic E-state index is 11.9. The van der Waals surface area contributed by atoms with E-state index >= 15 is 0 Å². The van der Waals surface area contributed by atoms with E-state index in [2.05, 4.69) is 20.2 Å². The van der Waals surface area contributed by atoms with Gasteiger partial charge in [0.25, 0.3) is 0 Å². The molecule has 0 spiro atoms. The number of carbonyl (C=O) groups is 1. The second-order valence-electron chi connectivity index (χ2n) is 5.72. The lowest BCUT2D eigenvalue weighted by atomic mass is 9.95. The summed E-state index contributed by atoms with van der Waals surface area (Å²) in [6.07, 6.45) is 6.23. The molecule has 0 radical (unpaired) electrons. The first kappa shape index (κ1) is 13.6. The summed E-state index contributed by atoms with van der Waals surface area (Å²) in [7, 11) is 0. The van der Waals surface area contributed by atoms with Gasteiger partial charge in [0.15, 0.2) is 5.65 Å². The van der Waals surface area contributed by atoms with Crippen LogP contribution in [0.5, 0.6) is 0 Å². The molecule has 1 atom stereocenters. The molecule has 7 nitrogen and oxygen atoms in total. The molecule has 0 aliphatic carbocycles. The van der Waals surface area contributed by atoms with Gasteiger partial charge in [-0.2, -0.15) is 5.26 Å². The van der Waals surface area contributed by atoms with Crippen molar-refractivity contribution >= 4 is 27.8 Å². The van der Waals surface area contributed by atoms with Gasteiger partial charge in [-0.1, -0.05) is 0 Å². The number of hydrogen-bond acceptors (Lipinski definition) is 5. The highest BCUT2D eigenvalue weighted by molar-refractivity contribution is 6.04. The Balaban J connectivity index is 1.76. The van der Waals surface area contributed by atoms with Gasteiger partial charge in [0.2, 0.25) is 5.91 Å². The highest BCUT2D eigenvalue weighted by Gasteiger charge is 2.29. The van der Waals surface area contributed by atoms with Gasteiger partial charge in [-0.3, -0.25) is 9.78 Å². The molecular weight excluding hydrogens is 292 g/mol. The number of nitrogens with zero attached hydrogens (tertiary/aromatic N) is 5. The number of amides is 1. The van der Waals surface area contributed by atoms with Gasteiger partial charge in [-0.05, 0) is 18.1 Å². The Morgan fingerprint density at radius 2 is 2.35 bits per heavy atom. The second kappa shape index (κ2) is 5.32. The third-order valence-corrected chi connectivity index (χ3v) is 4.42. The van der Waals surface area contributed by atoms with Crippen molar-refractivity contribution in [2.24, 2.45) is 0 Å². The van der Waals surface area contributed by atoms with E-state index in [-0.39, 0.29) is 18.2 Å². The normalized spacial score (nSPS) is 17.7. The molecule has 23 heavy (non-hydrogen) atoms. The molecule has 1 saturated heterocycles. The molecule has 4 rings (SSSR count). The third kappa shape index (κ3) is 2.19.